The Morgan fingerprint density at radius 2 is 1.89 bits per heavy atom. The van der Waals surface area contributed by atoms with Gasteiger partial charge >= 0.3 is 0 Å². The average Bonchev–Trinajstić information content (AvgIpc) is 2.69. The summed E-state index contributed by atoms with van der Waals surface area (Å²) in [6, 6.07) is 10.1. The standard InChI is InChI=1S/C20H23FN4O2/c1-15(26)24-10-12-25(13-11-24)17-7-9-22-19(14-17)20(27)23-8-6-16-4-2-3-5-18(16)21/h2-5,7,9,14H,6,8,10-13H2,1H3,(H,23,27). The molecule has 2 aromatic rings. The van der Waals surface area contributed by atoms with Crippen molar-refractivity contribution in [1.29, 1.82) is 0 Å². The zero-order valence-corrected chi connectivity index (χ0v) is 15.3. The van der Waals surface area contributed by atoms with E-state index < -0.39 is 0 Å². The van der Waals surface area contributed by atoms with Crippen molar-refractivity contribution >= 4 is 17.5 Å². The second-order valence-corrected chi connectivity index (χ2v) is 6.49. The summed E-state index contributed by atoms with van der Waals surface area (Å²) in [4.78, 5) is 31.9. The summed E-state index contributed by atoms with van der Waals surface area (Å²) < 4.78 is 13.6. The van der Waals surface area contributed by atoms with Crippen molar-refractivity contribution in [2.75, 3.05) is 37.6 Å². The third-order valence-corrected chi connectivity index (χ3v) is 4.70. The molecule has 1 aliphatic rings. The number of rotatable bonds is 5. The van der Waals surface area contributed by atoms with Crippen LogP contribution >= 0.6 is 0 Å². The van der Waals surface area contributed by atoms with E-state index in [0.29, 0.717) is 37.3 Å². The topological polar surface area (TPSA) is 65.5 Å². The molecule has 142 valence electrons. The fraction of sp³-hybridized carbons (Fsp3) is 0.350. The van der Waals surface area contributed by atoms with Gasteiger partial charge in [0.15, 0.2) is 0 Å². The maximum absolute atomic E-state index is 13.6. The lowest BCUT2D eigenvalue weighted by Crippen LogP contribution is -2.48. The molecule has 1 aromatic carbocycles. The lowest BCUT2D eigenvalue weighted by Gasteiger charge is -2.35. The van der Waals surface area contributed by atoms with E-state index in [0.717, 1.165) is 18.8 Å². The van der Waals surface area contributed by atoms with E-state index in [-0.39, 0.29) is 17.6 Å². The predicted molar refractivity (Wildman–Crippen MR) is 101 cm³/mol. The van der Waals surface area contributed by atoms with Crippen LogP contribution in [0.1, 0.15) is 23.0 Å². The summed E-state index contributed by atoms with van der Waals surface area (Å²) in [5, 5.41) is 2.79. The molecule has 1 N–H and O–H groups in total. The second-order valence-electron chi connectivity index (χ2n) is 6.49. The first-order valence-corrected chi connectivity index (χ1v) is 9.02. The minimum atomic E-state index is -0.282. The summed E-state index contributed by atoms with van der Waals surface area (Å²) >= 11 is 0. The largest absolute Gasteiger partial charge is 0.368 e. The lowest BCUT2D eigenvalue weighted by atomic mass is 10.1. The van der Waals surface area contributed by atoms with E-state index in [9.17, 15) is 14.0 Å². The minimum absolute atomic E-state index is 0.0827. The third-order valence-electron chi connectivity index (χ3n) is 4.70. The Balaban J connectivity index is 1.56. The van der Waals surface area contributed by atoms with Crippen molar-refractivity contribution in [3.8, 4) is 0 Å². The van der Waals surface area contributed by atoms with E-state index in [1.54, 1.807) is 37.4 Å². The number of pyridine rings is 1. The molecule has 1 aliphatic heterocycles. The highest BCUT2D eigenvalue weighted by Crippen LogP contribution is 2.17. The molecule has 2 amide bonds. The van der Waals surface area contributed by atoms with Gasteiger partial charge < -0.3 is 15.1 Å². The molecule has 0 radical (unpaired) electrons. The van der Waals surface area contributed by atoms with Gasteiger partial charge in [-0.1, -0.05) is 18.2 Å². The van der Waals surface area contributed by atoms with Crippen molar-refractivity contribution in [3.05, 3.63) is 59.7 Å². The molecule has 2 heterocycles. The van der Waals surface area contributed by atoms with Crippen LogP contribution in [0.2, 0.25) is 0 Å². The van der Waals surface area contributed by atoms with E-state index in [1.165, 1.54) is 6.07 Å². The van der Waals surface area contributed by atoms with Gasteiger partial charge in [-0.2, -0.15) is 0 Å². The predicted octanol–water partition coefficient (Wildman–Crippen LogP) is 1.86. The smallest absolute Gasteiger partial charge is 0.269 e. The molecule has 0 atom stereocenters. The van der Waals surface area contributed by atoms with Crippen molar-refractivity contribution in [2.45, 2.75) is 13.3 Å². The van der Waals surface area contributed by atoms with E-state index in [2.05, 4.69) is 15.2 Å². The van der Waals surface area contributed by atoms with Gasteiger partial charge in [-0.25, -0.2) is 4.39 Å². The number of carbonyl (C=O) groups is 2. The molecule has 1 aromatic heterocycles. The van der Waals surface area contributed by atoms with Crippen LogP contribution in [0.4, 0.5) is 10.1 Å². The zero-order chi connectivity index (χ0) is 19.2. The van der Waals surface area contributed by atoms with Crippen molar-refractivity contribution < 1.29 is 14.0 Å². The number of nitrogens with one attached hydrogen (secondary N) is 1. The quantitative estimate of drug-likeness (QED) is 0.873. The van der Waals surface area contributed by atoms with Crippen LogP contribution < -0.4 is 10.2 Å². The molecule has 0 unspecified atom stereocenters. The summed E-state index contributed by atoms with van der Waals surface area (Å²) in [7, 11) is 0. The number of carbonyl (C=O) groups excluding carboxylic acids is 2. The Kier molecular flexibility index (Phi) is 6.01. The molecule has 0 saturated carbocycles. The van der Waals surface area contributed by atoms with Gasteiger partial charge in [0, 0.05) is 51.5 Å². The summed E-state index contributed by atoms with van der Waals surface area (Å²) in [5.41, 5.74) is 1.81. The molecule has 1 saturated heterocycles. The van der Waals surface area contributed by atoms with Crippen molar-refractivity contribution in [3.63, 3.8) is 0 Å². The number of amides is 2. The van der Waals surface area contributed by atoms with Gasteiger partial charge in [0.05, 0.1) is 0 Å². The SMILES string of the molecule is CC(=O)N1CCN(c2ccnc(C(=O)NCCc3ccccc3F)c2)CC1. The van der Waals surface area contributed by atoms with Crippen molar-refractivity contribution in [1.82, 2.24) is 15.2 Å². The maximum atomic E-state index is 13.6. The summed E-state index contributed by atoms with van der Waals surface area (Å²) in [6.45, 7) is 4.69. The average molecular weight is 370 g/mol. The molecule has 3 rings (SSSR count). The first kappa shape index (κ1) is 18.8. The Morgan fingerprint density at radius 1 is 1.15 bits per heavy atom. The molecular formula is C20H23FN4O2. The Morgan fingerprint density at radius 3 is 2.59 bits per heavy atom. The van der Waals surface area contributed by atoms with Crippen LogP contribution in [0.3, 0.4) is 0 Å². The van der Waals surface area contributed by atoms with Crippen LogP contribution in [0.5, 0.6) is 0 Å². The highest BCUT2D eigenvalue weighted by atomic mass is 19.1. The number of piperazine rings is 1. The van der Waals surface area contributed by atoms with Gasteiger partial charge in [-0.05, 0) is 30.2 Å². The molecule has 6 nitrogen and oxygen atoms in total. The highest BCUT2D eigenvalue weighted by molar-refractivity contribution is 5.93. The summed E-state index contributed by atoms with van der Waals surface area (Å²) in [5.74, 6) is -0.466. The van der Waals surface area contributed by atoms with Crippen molar-refractivity contribution in [2.24, 2.45) is 0 Å². The molecule has 1 fully saturated rings. The van der Waals surface area contributed by atoms with Gasteiger partial charge in [0.1, 0.15) is 11.5 Å². The van der Waals surface area contributed by atoms with Gasteiger partial charge in [0.2, 0.25) is 5.91 Å². The fourth-order valence-corrected chi connectivity index (χ4v) is 3.12. The normalized spacial score (nSPS) is 14.1. The van der Waals surface area contributed by atoms with Crippen LogP contribution in [-0.2, 0) is 11.2 Å². The van der Waals surface area contributed by atoms with Gasteiger partial charge in [-0.15, -0.1) is 0 Å². The Bertz CT molecular complexity index is 819. The molecule has 0 bridgehead atoms. The number of nitrogens with zero attached hydrogens (tertiary/aromatic N) is 3. The second kappa shape index (κ2) is 8.62. The highest BCUT2D eigenvalue weighted by Gasteiger charge is 2.19. The van der Waals surface area contributed by atoms with E-state index in [1.807, 2.05) is 11.0 Å². The first-order valence-electron chi connectivity index (χ1n) is 9.02. The molecular weight excluding hydrogens is 347 g/mol. The number of hydrogen-bond donors (Lipinski definition) is 1. The molecule has 0 spiro atoms. The van der Waals surface area contributed by atoms with Crippen LogP contribution in [0.25, 0.3) is 0 Å². The summed E-state index contributed by atoms with van der Waals surface area (Å²) in [6.07, 6.45) is 2.03. The Hall–Kier alpha value is -2.96. The number of halogens is 1. The van der Waals surface area contributed by atoms with Crippen LogP contribution in [0.15, 0.2) is 42.6 Å². The van der Waals surface area contributed by atoms with Crippen LogP contribution in [-0.4, -0.2) is 54.4 Å². The number of hydrogen-bond acceptors (Lipinski definition) is 4. The zero-order valence-electron chi connectivity index (χ0n) is 15.3. The monoisotopic (exact) mass is 370 g/mol. The molecule has 7 heteroatoms. The number of benzene rings is 1. The Labute approximate surface area is 158 Å². The fourth-order valence-electron chi connectivity index (χ4n) is 3.12. The van der Waals surface area contributed by atoms with Gasteiger partial charge in [0.25, 0.3) is 5.91 Å². The third kappa shape index (κ3) is 4.81. The molecule has 27 heavy (non-hydrogen) atoms. The lowest BCUT2D eigenvalue weighted by molar-refractivity contribution is -0.129. The minimum Gasteiger partial charge on any atom is -0.368 e. The van der Waals surface area contributed by atoms with E-state index in [4.69, 9.17) is 0 Å². The van der Waals surface area contributed by atoms with Gasteiger partial charge in [-0.3, -0.25) is 14.6 Å². The number of anilines is 1. The molecule has 0 aliphatic carbocycles. The number of aromatic nitrogens is 1. The maximum Gasteiger partial charge on any atom is 0.269 e. The van der Waals surface area contributed by atoms with E-state index >= 15 is 0 Å². The van der Waals surface area contributed by atoms with Crippen LogP contribution in [0, 0.1) is 5.82 Å². The first-order chi connectivity index (χ1) is 13.0.